The first-order valence-corrected chi connectivity index (χ1v) is 4.26. The van der Waals surface area contributed by atoms with Gasteiger partial charge in [-0.25, -0.2) is 0 Å². The summed E-state index contributed by atoms with van der Waals surface area (Å²) < 4.78 is 0. The van der Waals surface area contributed by atoms with Crippen LogP contribution >= 0.6 is 0 Å². The van der Waals surface area contributed by atoms with Crippen LogP contribution in [0.5, 0.6) is 11.5 Å². The third-order valence-electron chi connectivity index (χ3n) is 1.98. The lowest BCUT2D eigenvalue weighted by Gasteiger charge is -2.04. The van der Waals surface area contributed by atoms with Gasteiger partial charge >= 0.3 is 0 Å². The van der Waals surface area contributed by atoms with E-state index >= 15 is 0 Å². The Balaban J connectivity index is 2.57. The first-order chi connectivity index (χ1) is 6.77. The molecule has 2 rings (SSSR count). The molecule has 14 heavy (non-hydrogen) atoms. The first kappa shape index (κ1) is 8.63. The number of phenolic OH excluding ortho intramolecular Hbond substituents is 2. The Bertz CT molecular complexity index is 435. The fourth-order valence-corrected chi connectivity index (χ4v) is 1.30. The van der Waals surface area contributed by atoms with E-state index in [1.165, 1.54) is 18.2 Å². The number of rotatable bonds is 1. The summed E-state index contributed by atoms with van der Waals surface area (Å²) in [4.78, 5) is 0. The van der Waals surface area contributed by atoms with E-state index in [4.69, 9.17) is 0 Å². The highest BCUT2D eigenvalue weighted by Crippen LogP contribution is 2.31. The van der Waals surface area contributed by atoms with Crippen molar-refractivity contribution in [3.8, 4) is 22.6 Å². The summed E-state index contributed by atoms with van der Waals surface area (Å²) in [5.41, 5.74) is 1.35. The quantitative estimate of drug-likeness (QED) is 0.670. The van der Waals surface area contributed by atoms with Gasteiger partial charge in [0.1, 0.15) is 11.5 Å². The van der Waals surface area contributed by atoms with Crippen LogP contribution in [0.4, 0.5) is 0 Å². The Hall–Kier alpha value is -1.96. The second kappa shape index (κ2) is 3.42. The zero-order valence-corrected chi connectivity index (χ0v) is 7.44. The van der Waals surface area contributed by atoms with Crippen molar-refractivity contribution in [1.29, 1.82) is 0 Å². The van der Waals surface area contributed by atoms with Crippen LogP contribution in [0.1, 0.15) is 0 Å². The molecule has 0 fully saturated rings. The lowest BCUT2D eigenvalue weighted by Crippen LogP contribution is -1.78. The lowest BCUT2D eigenvalue weighted by molar-refractivity contribution is 0.462. The molecule has 2 aromatic carbocycles. The Morgan fingerprint density at radius 2 is 1.86 bits per heavy atom. The van der Waals surface area contributed by atoms with Crippen LogP contribution in [0.2, 0.25) is 0 Å². The Labute approximate surface area is 82.1 Å². The van der Waals surface area contributed by atoms with Crippen LogP contribution in [-0.4, -0.2) is 10.2 Å². The minimum absolute atomic E-state index is 0.134. The molecule has 2 aromatic rings. The van der Waals surface area contributed by atoms with Gasteiger partial charge in [0.05, 0.1) is 0 Å². The minimum atomic E-state index is 0.134. The molecule has 0 saturated carbocycles. The highest BCUT2D eigenvalue weighted by molar-refractivity contribution is 5.70. The average molecular weight is 185 g/mol. The van der Waals surface area contributed by atoms with Crippen LogP contribution in [-0.2, 0) is 0 Å². The zero-order valence-electron chi connectivity index (χ0n) is 7.44. The van der Waals surface area contributed by atoms with E-state index in [0.29, 0.717) is 5.56 Å². The molecule has 2 heteroatoms. The first-order valence-electron chi connectivity index (χ1n) is 4.26. The van der Waals surface area contributed by atoms with Crippen LogP contribution in [0.3, 0.4) is 0 Å². The van der Waals surface area contributed by atoms with Gasteiger partial charge in [0.15, 0.2) is 0 Å². The topological polar surface area (TPSA) is 40.5 Å². The summed E-state index contributed by atoms with van der Waals surface area (Å²) in [6.07, 6.45) is 0. The van der Waals surface area contributed by atoms with Gasteiger partial charge in [-0.3, -0.25) is 0 Å². The molecule has 0 heterocycles. The summed E-state index contributed by atoms with van der Waals surface area (Å²) in [6, 6.07) is 14.7. The third kappa shape index (κ3) is 1.55. The van der Waals surface area contributed by atoms with Gasteiger partial charge in [-0.05, 0) is 29.8 Å². The van der Waals surface area contributed by atoms with E-state index in [0.717, 1.165) is 5.56 Å². The maximum absolute atomic E-state index is 9.56. The molecular formula is C12H9O2. The molecular weight excluding hydrogens is 176 g/mol. The van der Waals surface area contributed by atoms with Crippen molar-refractivity contribution < 1.29 is 10.2 Å². The SMILES string of the molecule is Oc1ccc(O)c(-c2[c]cccc2)c1. The molecule has 1 radical (unpaired) electrons. The second-order valence-electron chi connectivity index (χ2n) is 2.98. The van der Waals surface area contributed by atoms with Crippen LogP contribution in [0, 0.1) is 6.07 Å². The van der Waals surface area contributed by atoms with Crippen LogP contribution in [0.15, 0.2) is 42.5 Å². The van der Waals surface area contributed by atoms with Crippen molar-refractivity contribution in [3.05, 3.63) is 48.5 Å². The highest BCUT2D eigenvalue weighted by atomic mass is 16.3. The summed E-state index contributed by atoms with van der Waals surface area (Å²) in [7, 11) is 0. The Morgan fingerprint density at radius 1 is 1.00 bits per heavy atom. The number of hydrogen-bond acceptors (Lipinski definition) is 2. The maximum Gasteiger partial charge on any atom is 0.123 e. The van der Waals surface area contributed by atoms with Gasteiger partial charge in [-0.15, -0.1) is 0 Å². The van der Waals surface area contributed by atoms with Crippen molar-refractivity contribution in [1.82, 2.24) is 0 Å². The molecule has 0 aliphatic rings. The zero-order chi connectivity index (χ0) is 9.97. The van der Waals surface area contributed by atoms with E-state index in [1.54, 1.807) is 6.07 Å². The second-order valence-corrected chi connectivity index (χ2v) is 2.98. The Kier molecular flexibility index (Phi) is 2.11. The van der Waals surface area contributed by atoms with Gasteiger partial charge < -0.3 is 10.2 Å². The molecule has 0 aliphatic heterocycles. The summed E-state index contributed by atoms with van der Waals surface area (Å²) >= 11 is 0. The molecule has 0 aliphatic carbocycles. The molecule has 0 atom stereocenters. The molecule has 0 amide bonds. The fourth-order valence-electron chi connectivity index (χ4n) is 1.30. The van der Waals surface area contributed by atoms with E-state index < -0.39 is 0 Å². The largest absolute Gasteiger partial charge is 0.508 e. The van der Waals surface area contributed by atoms with E-state index in [-0.39, 0.29) is 11.5 Å². The summed E-state index contributed by atoms with van der Waals surface area (Å²) in [6.45, 7) is 0. The standard InChI is InChI=1S/C12H9O2/c13-10-6-7-12(14)11(8-10)9-4-2-1-3-5-9/h1-4,6-8,13-14H. The van der Waals surface area contributed by atoms with Crippen molar-refractivity contribution in [2.45, 2.75) is 0 Å². The lowest BCUT2D eigenvalue weighted by atomic mass is 10.0. The maximum atomic E-state index is 9.56. The van der Waals surface area contributed by atoms with E-state index in [1.807, 2.05) is 18.2 Å². The number of hydrogen-bond donors (Lipinski definition) is 2. The van der Waals surface area contributed by atoms with Gasteiger partial charge in [0.25, 0.3) is 0 Å². The van der Waals surface area contributed by atoms with Crippen LogP contribution in [0.25, 0.3) is 11.1 Å². The summed E-state index contributed by atoms with van der Waals surface area (Å²) in [5, 5.41) is 18.8. The van der Waals surface area contributed by atoms with Gasteiger partial charge in [0.2, 0.25) is 0 Å². The van der Waals surface area contributed by atoms with Gasteiger partial charge in [-0.1, -0.05) is 24.3 Å². The molecule has 69 valence electrons. The van der Waals surface area contributed by atoms with Crippen molar-refractivity contribution in [3.63, 3.8) is 0 Å². The molecule has 2 N–H and O–H groups in total. The smallest absolute Gasteiger partial charge is 0.123 e. The predicted octanol–water partition coefficient (Wildman–Crippen LogP) is 2.56. The molecule has 0 saturated heterocycles. The van der Waals surface area contributed by atoms with E-state index in [9.17, 15) is 10.2 Å². The van der Waals surface area contributed by atoms with Crippen LogP contribution < -0.4 is 0 Å². The monoisotopic (exact) mass is 185 g/mol. The van der Waals surface area contributed by atoms with Gasteiger partial charge in [-0.2, -0.15) is 0 Å². The molecule has 2 nitrogen and oxygen atoms in total. The summed E-state index contributed by atoms with van der Waals surface area (Å²) in [5.74, 6) is 0.278. The molecule has 0 spiro atoms. The third-order valence-corrected chi connectivity index (χ3v) is 1.98. The van der Waals surface area contributed by atoms with Crippen molar-refractivity contribution in [2.75, 3.05) is 0 Å². The minimum Gasteiger partial charge on any atom is -0.508 e. The molecule has 0 unspecified atom stereocenters. The number of benzene rings is 2. The van der Waals surface area contributed by atoms with E-state index in [2.05, 4.69) is 6.07 Å². The molecule has 0 aromatic heterocycles. The average Bonchev–Trinajstić information content (AvgIpc) is 2.23. The highest BCUT2D eigenvalue weighted by Gasteiger charge is 2.04. The Morgan fingerprint density at radius 3 is 2.57 bits per heavy atom. The van der Waals surface area contributed by atoms with Crippen molar-refractivity contribution >= 4 is 0 Å². The number of aromatic hydroxyl groups is 2. The normalized spacial score (nSPS) is 10.0. The van der Waals surface area contributed by atoms with Crippen molar-refractivity contribution in [2.24, 2.45) is 0 Å². The van der Waals surface area contributed by atoms with Gasteiger partial charge in [0, 0.05) is 5.56 Å². The molecule has 0 bridgehead atoms. The number of phenols is 2. The predicted molar refractivity (Wildman–Crippen MR) is 54.0 cm³/mol. The fraction of sp³-hybridized carbons (Fsp3) is 0.